The number of aliphatic hydroxyl groups excluding tert-OH is 1. The third-order valence-corrected chi connectivity index (χ3v) is 2.27. The Hall–Kier alpha value is -0.540. The van der Waals surface area contributed by atoms with Crippen molar-refractivity contribution >= 4 is 21.6 Å². The highest BCUT2D eigenvalue weighted by Crippen LogP contribution is 2.19. The van der Waals surface area contributed by atoms with Gasteiger partial charge in [-0.25, -0.2) is 0 Å². The molecule has 0 amide bonds. The highest BCUT2D eigenvalue weighted by molar-refractivity contribution is 9.10. The molecule has 1 rings (SSSR count). The molecule has 0 heterocycles. The number of hydrogen-bond donors (Lipinski definition) is 2. The minimum Gasteiger partial charge on any atom is -0.392 e. The van der Waals surface area contributed by atoms with Crippen molar-refractivity contribution in [2.75, 3.05) is 11.9 Å². The number of aryl methyl sites for hydroxylation is 1. The number of halogens is 1. The smallest absolute Gasteiger partial charge is 0.0684 e. The van der Waals surface area contributed by atoms with Crippen molar-refractivity contribution in [2.24, 2.45) is 0 Å². The first kappa shape index (κ1) is 10.5. The van der Waals surface area contributed by atoms with Crippen LogP contribution in [-0.2, 0) is 0 Å². The first-order valence-electron chi connectivity index (χ1n) is 4.27. The Bertz CT molecular complexity index is 286. The van der Waals surface area contributed by atoms with Crippen LogP contribution >= 0.6 is 15.9 Å². The Morgan fingerprint density at radius 1 is 1.54 bits per heavy atom. The van der Waals surface area contributed by atoms with Crippen molar-refractivity contribution in [1.82, 2.24) is 0 Å². The Kier molecular flexibility index (Phi) is 3.75. The number of hydrogen-bond acceptors (Lipinski definition) is 2. The van der Waals surface area contributed by atoms with E-state index in [4.69, 9.17) is 5.11 Å². The summed E-state index contributed by atoms with van der Waals surface area (Å²) in [6.07, 6.45) is -0.317. The van der Waals surface area contributed by atoms with Crippen LogP contribution in [0.1, 0.15) is 12.5 Å². The van der Waals surface area contributed by atoms with Gasteiger partial charge in [-0.3, -0.25) is 0 Å². The van der Waals surface area contributed by atoms with Crippen molar-refractivity contribution in [3.8, 4) is 0 Å². The zero-order chi connectivity index (χ0) is 9.84. The Morgan fingerprint density at radius 2 is 2.23 bits per heavy atom. The fraction of sp³-hybridized carbons (Fsp3) is 0.400. The number of aliphatic hydroxyl groups is 1. The normalized spacial score (nSPS) is 12.6. The zero-order valence-electron chi connectivity index (χ0n) is 7.84. The van der Waals surface area contributed by atoms with Gasteiger partial charge < -0.3 is 10.4 Å². The number of anilines is 1. The van der Waals surface area contributed by atoms with Crippen LogP contribution < -0.4 is 5.32 Å². The molecule has 0 bridgehead atoms. The van der Waals surface area contributed by atoms with E-state index in [1.807, 2.05) is 25.1 Å². The van der Waals surface area contributed by atoms with Gasteiger partial charge in [0.15, 0.2) is 0 Å². The van der Waals surface area contributed by atoms with Crippen LogP contribution in [0.2, 0.25) is 0 Å². The third kappa shape index (κ3) is 3.36. The van der Waals surface area contributed by atoms with E-state index >= 15 is 0 Å². The molecule has 0 radical (unpaired) electrons. The molecule has 1 aromatic rings. The second-order valence-corrected chi connectivity index (χ2v) is 4.10. The van der Waals surface area contributed by atoms with Crippen molar-refractivity contribution in [2.45, 2.75) is 20.0 Å². The van der Waals surface area contributed by atoms with Crippen molar-refractivity contribution in [1.29, 1.82) is 0 Å². The molecule has 3 heteroatoms. The van der Waals surface area contributed by atoms with Gasteiger partial charge in [0.25, 0.3) is 0 Å². The van der Waals surface area contributed by atoms with Gasteiger partial charge in [-0.05, 0) is 37.6 Å². The van der Waals surface area contributed by atoms with Crippen molar-refractivity contribution in [3.63, 3.8) is 0 Å². The Labute approximate surface area is 87.1 Å². The Morgan fingerprint density at radius 3 is 2.77 bits per heavy atom. The molecular formula is C10H14BrNO. The lowest BCUT2D eigenvalue weighted by Crippen LogP contribution is -2.15. The monoisotopic (exact) mass is 243 g/mol. The molecule has 0 aliphatic carbocycles. The molecule has 1 unspecified atom stereocenters. The SMILES string of the molecule is Cc1cc(Br)ccc1NCC(C)O. The van der Waals surface area contributed by atoms with Gasteiger partial charge >= 0.3 is 0 Å². The summed E-state index contributed by atoms with van der Waals surface area (Å²) in [7, 11) is 0. The topological polar surface area (TPSA) is 32.3 Å². The molecule has 0 saturated heterocycles. The van der Waals surface area contributed by atoms with Crippen LogP contribution in [0.3, 0.4) is 0 Å². The first-order chi connectivity index (χ1) is 6.09. The minimum atomic E-state index is -0.317. The van der Waals surface area contributed by atoms with E-state index in [0.29, 0.717) is 6.54 Å². The van der Waals surface area contributed by atoms with E-state index in [1.54, 1.807) is 6.92 Å². The second kappa shape index (κ2) is 4.63. The minimum absolute atomic E-state index is 0.317. The van der Waals surface area contributed by atoms with Gasteiger partial charge in [0.1, 0.15) is 0 Å². The summed E-state index contributed by atoms with van der Waals surface area (Å²) in [5, 5.41) is 12.3. The van der Waals surface area contributed by atoms with Crippen molar-refractivity contribution in [3.05, 3.63) is 28.2 Å². The summed E-state index contributed by atoms with van der Waals surface area (Å²) in [5.74, 6) is 0. The van der Waals surface area contributed by atoms with Gasteiger partial charge in [-0.15, -0.1) is 0 Å². The van der Waals surface area contributed by atoms with Crippen LogP contribution in [-0.4, -0.2) is 17.8 Å². The van der Waals surface area contributed by atoms with E-state index < -0.39 is 0 Å². The highest BCUT2D eigenvalue weighted by Gasteiger charge is 1.99. The van der Waals surface area contributed by atoms with Crippen molar-refractivity contribution < 1.29 is 5.11 Å². The summed E-state index contributed by atoms with van der Waals surface area (Å²) in [6.45, 7) is 4.39. The quantitative estimate of drug-likeness (QED) is 0.856. The lowest BCUT2D eigenvalue weighted by atomic mass is 10.2. The van der Waals surface area contributed by atoms with Crippen LogP contribution in [0.15, 0.2) is 22.7 Å². The van der Waals surface area contributed by atoms with Crippen LogP contribution in [0.25, 0.3) is 0 Å². The summed E-state index contributed by atoms with van der Waals surface area (Å²) in [4.78, 5) is 0. The van der Waals surface area contributed by atoms with Crippen LogP contribution in [0.5, 0.6) is 0 Å². The molecule has 13 heavy (non-hydrogen) atoms. The highest BCUT2D eigenvalue weighted by atomic mass is 79.9. The third-order valence-electron chi connectivity index (χ3n) is 1.78. The predicted molar refractivity (Wildman–Crippen MR) is 59.0 cm³/mol. The van der Waals surface area contributed by atoms with E-state index in [9.17, 15) is 0 Å². The maximum absolute atomic E-state index is 9.09. The molecule has 1 aromatic carbocycles. The number of rotatable bonds is 3. The molecule has 0 fully saturated rings. The molecule has 0 aliphatic heterocycles. The first-order valence-corrected chi connectivity index (χ1v) is 5.07. The molecule has 0 aliphatic rings. The van der Waals surface area contributed by atoms with Gasteiger partial charge in [0.2, 0.25) is 0 Å². The molecule has 72 valence electrons. The summed E-state index contributed by atoms with van der Waals surface area (Å²) < 4.78 is 1.08. The lowest BCUT2D eigenvalue weighted by molar-refractivity contribution is 0.208. The van der Waals surface area contributed by atoms with Gasteiger partial charge in [0, 0.05) is 16.7 Å². The van der Waals surface area contributed by atoms with Crippen LogP contribution in [0.4, 0.5) is 5.69 Å². The average Bonchev–Trinajstić information content (AvgIpc) is 2.02. The molecule has 0 spiro atoms. The molecule has 0 saturated carbocycles. The molecular weight excluding hydrogens is 230 g/mol. The summed E-state index contributed by atoms with van der Waals surface area (Å²) in [5.41, 5.74) is 2.25. The molecule has 0 aromatic heterocycles. The van der Waals surface area contributed by atoms with E-state index in [0.717, 1.165) is 10.2 Å². The Balaban J connectivity index is 2.67. The number of nitrogens with one attached hydrogen (secondary N) is 1. The van der Waals surface area contributed by atoms with E-state index in [-0.39, 0.29) is 6.10 Å². The fourth-order valence-electron chi connectivity index (χ4n) is 1.08. The van der Waals surface area contributed by atoms with E-state index in [1.165, 1.54) is 5.56 Å². The maximum atomic E-state index is 9.09. The molecule has 2 N–H and O–H groups in total. The largest absolute Gasteiger partial charge is 0.392 e. The standard InChI is InChI=1S/C10H14BrNO/c1-7-5-9(11)3-4-10(7)12-6-8(2)13/h3-5,8,12-13H,6H2,1-2H3. The van der Waals surface area contributed by atoms with Gasteiger partial charge in [-0.2, -0.15) is 0 Å². The molecule has 2 nitrogen and oxygen atoms in total. The van der Waals surface area contributed by atoms with Crippen LogP contribution in [0, 0.1) is 6.92 Å². The van der Waals surface area contributed by atoms with Gasteiger partial charge in [0.05, 0.1) is 6.10 Å². The predicted octanol–water partition coefficient (Wildman–Crippen LogP) is 2.55. The van der Waals surface area contributed by atoms with Gasteiger partial charge in [-0.1, -0.05) is 15.9 Å². The van der Waals surface area contributed by atoms with E-state index in [2.05, 4.69) is 21.2 Å². The maximum Gasteiger partial charge on any atom is 0.0684 e. The summed E-state index contributed by atoms with van der Waals surface area (Å²) >= 11 is 3.40. The second-order valence-electron chi connectivity index (χ2n) is 3.19. The molecule has 1 atom stereocenters. The fourth-order valence-corrected chi connectivity index (χ4v) is 1.56. The lowest BCUT2D eigenvalue weighted by Gasteiger charge is -2.11. The summed E-state index contributed by atoms with van der Waals surface area (Å²) in [6, 6.07) is 6.03. The zero-order valence-corrected chi connectivity index (χ0v) is 9.43. The number of benzene rings is 1. The average molecular weight is 244 g/mol.